The molecule has 1 aromatic heterocycles. The lowest BCUT2D eigenvalue weighted by Gasteiger charge is -2.36. The first-order valence-electron chi connectivity index (χ1n) is 8.13. The monoisotopic (exact) mass is 330 g/mol. The van der Waals surface area contributed by atoms with E-state index in [1.807, 2.05) is 58.0 Å². The van der Waals surface area contributed by atoms with E-state index < -0.39 is 11.6 Å². The summed E-state index contributed by atoms with van der Waals surface area (Å²) in [6.07, 6.45) is -0.890. The molecule has 5 nitrogen and oxygen atoms in total. The first-order chi connectivity index (χ1) is 11.3. The van der Waals surface area contributed by atoms with Crippen LogP contribution in [0.4, 0.5) is 0 Å². The van der Waals surface area contributed by atoms with Crippen molar-refractivity contribution in [2.45, 2.75) is 45.9 Å². The highest BCUT2D eigenvalue weighted by molar-refractivity contribution is 5.29. The molecular weight excluding hydrogens is 304 g/mol. The molecule has 0 amide bonds. The van der Waals surface area contributed by atoms with Gasteiger partial charge in [-0.1, -0.05) is 30.3 Å². The zero-order valence-corrected chi connectivity index (χ0v) is 14.7. The summed E-state index contributed by atoms with van der Waals surface area (Å²) in [5.41, 5.74) is 1.81. The van der Waals surface area contributed by atoms with Crippen LogP contribution in [0.15, 0.2) is 42.5 Å². The number of benzene rings is 1. The molecule has 1 heterocycles. The maximum atomic E-state index is 12.0. The molecule has 2 N–H and O–H groups in total. The molecule has 0 fully saturated rings. The normalized spacial score (nSPS) is 14.2. The Kier molecular flexibility index (Phi) is 5.94. The van der Waals surface area contributed by atoms with Crippen LogP contribution in [-0.2, 0) is 6.61 Å². The van der Waals surface area contributed by atoms with Crippen LogP contribution in [0.5, 0.6) is 5.75 Å². The molecule has 2 atom stereocenters. The number of hydroxylamine groups is 2. The number of nitrogens with zero attached hydrogens (tertiary/aromatic N) is 1. The van der Waals surface area contributed by atoms with Crippen LogP contribution in [0, 0.1) is 12.1 Å². The van der Waals surface area contributed by atoms with Crippen molar-refractivity contribution in [1.82, 2.24) is 4.98 Å². The van der Waals surface area contributed by atoms with Gasteiger partial charge in [-0.2, -0.15) is 0 Å². The Labute approximate surface area is 143 Å². The minimum atomic E-state index is -0.890. The van der Waals surface area contributed by atoms with Gasteiger partial charge >= 0.3 is 0 Å². The van der Waals surface area contributed by atoms with E-state index in [0.29, 0.717) is 23.7 Å². The van der Waals surface area contributed by atoms with E-state index in [1.165, 1.54) is 0 Å². The molecule has 0 spiro atoms. The van der Waals surface area contributed by atoms with Crippen LogP contribution in [0.2, 0.25) is 0 Å². The second kappa shape index (κ2) is 7.75. The number of nitrogens with one attached hydrogen (secondary N) is 1. The molecule has 0 saturated carbocycles. The number of hydrogen-bond acceptors (Lipinski definition) is 4. The number of aryl methyl sites for hydroxylation is 1. The summed E-state index contributed by atoms with van der Waals surface area (Å²) in [5, 5.41) is 22.3. The van der Waals surface area contributed by atoms with E-state index in [1.54, 1.807) is 12.1 Å². The van der Waals surface area contributed by atoms with E-state index in [4.69, 9.17) is 4.74 Å². The second-order valence-corrected chi connectivity index (χ2v) is 6.99. The number of hydrogen-bond donors (Lipinski definition) is 2. The summed E-state index contributed by atoms with van der Waals surface area (Å²) in [4.78, 5) is 4.39. The minimum Gasteiger partial charge on any atom is -0.634 e. The predicted molar refractivity (Wildman–Crippen MR) is 93.7 cm³/mol. The third kappa shape index (κ3) is 5.03. The van der Waals surface area contributed by atoms with Gasteiger partial charge in [0, 0.05) is 0 Å². The molecule has 24 heavy (non-hydrogen) atoms. The minimum absolute atomic E-state index is 0.0128. The van der Waals surface area contributed by atoms with Crippen LogP contribution >= 0.6 is 0 Å². The number of aromatic nitrogens is 1. The molecule has 0 bridgehead atoms. The Balaban J connectivity index is 2.01. The fourth-order valence-corrected chi connectivity index (χ4v) is 2.23. The van der Waals surface area contributed by atoms with Crippen LogP contribution in [0.3, 0.4) is 0 Å². The molecule has 2 unspecified atom stereocenters. The largest absolute Gasteiger partial charge is 0.634 e. The molecule has 0 saturated heterocycles. The summed E-state index contributed by atoms with van der Waals surface area (Å²) in [5.74, 6) is 0.678. The second-order valence-electron chi connectivity index (χ2n) is 6.99. The molecule has 0 aliphatic heterocycles. The third-order valence-electron chi connectivity index (χ3n) is 3.85. The van der Waals surface area contributed by atoms with Gasteiger partial charge in [0.25, 0.3) is 0 Å². The highest BCUT2D eigenvalue weighted by atomic mass is 16.5. The number of pyridine rings is 1. The van der Waals surface area contributed by atoms with Gasteiger partial charge in [0.15, 0.2) is 0 Å². The molecule has 5 heteroatoms. The Hall–Kier alpha value is -1.95. The van der Waals surface area contributed by atoms with Crippen LogP contribution in [0.1, 0.15) is 43.8 Å². The number of quaternary nitrogens is 1. The Morgan fingerprint density at radius 1 is 1.17 bits per heavy atom. The van der Waals surface area contributed by atoms with E-state index in [-0.39, 0.29) is 11.6 Å². The maximum absolute atomic E-state index is 12.0. The highest BCUT2D eigenvalue weighted by Crippen LogP contribution is 2.20. The number of ether oxygens (including phenoxy) is 1. The van der Waals surface area contributed by atoms with Gasteiger partial charge in [-0.3, -0.25) is 4.98 Å². The first-order valence-corrected chi connectivity index (χ1v) is 8.13. The summed E-state index contributed by atoms with van der Waals surface area (Å²) in [6, 6.07) is 13.4. The topological polar surface area (TPSA) is 69.9 Å². The Morgan fingerprint density at radius 2 is 1.83 bits per heavy atom. The Bertz CT molecular complexity index is 653. The number of aliphatic hydroxyl groups is 1. The molecule has 2 aromatic rings. The van der Waals surface area contributed by atoms with Crippen molar-refractivity contribution >= 4 is 0 Å². The molecular formula is C19H26N2O3. The summed E-state index contributed by atoms with van der Waals surface area (Å²) in [6.45, 7) is 7.92. The van der Waals surface area contributed by atoms with Crippen molar-refractivity contribution in [3.05, 3.63) is 64.6 Å². The first kappa shape index (κ1) is 18.4. The zero-order valence-electron chi connectivity index (χ0n) is 14.7. The predicted octanol–water partition coefficient (Wildman–Crippen LogP) is 2.18. The fraction of sp³-hybridized carbons (Fsp3) is 0.421. The highest BCUT2D eigenvalue weighted by Gasteiger charge is 2.22. The van der Waals surface area contributed by atoms with Crippen molar-refractivity contribution in [3.8, 4) is 5.75 Å². The van der Waals surface area contributed by atoms with E-state index >= 15 is 0 Å². The van der Waals surface area contributed by atoms with Gasteiger partial charge < -0.3 is 20.1 Å². The van der Waals surface area contributed by atoms with Crippen molar-refractivity contribution in [3.63, 3.8) is 0 Å². The summed E-state index contributed by atoms with van der Waals surface area (Å²) < 4.78 is 5.78. The van der Waals surface area contributed by atoms with Crippen LogP contribution in [-0.4, -0.2) is 22.2 Å². The molecule has 0 radical (unpaired) electrons. The summed E-state index contributed by atoms with van der Waals surface area (Å²) >= 11 is 0. The van der Waals surface area contributed by atoms with E-state index in [2.05, 4.69) is 4.98 Å². The standard InChI is InChI=1S/C19H26N2O3/c1-14-18(24-13-15-8-6-5-7-9-15)11-10-16(20-14)17(22)12-21(23)19(2,3)4/h5-11,17,21-22H,12-13H2,1-4H3. The van der Waals surface area contributed by atoms with Gasteiger partial charge in [-0.15, -0.1) is 0 Å². The van der Waals surface area contributed by atoms with Crippen LogP contribution in [0.25, 0.3) is 0 Å². The summed E-state index contributed by atoms with van der Waals surface area (Å²) in [7, 11) is 0. The van der Waals surface area contributed by atoms with Gasteiger partial charge in [-0.05, 0) is 45.4 Å². The van der Waals surface area contributed by atoms with Crippen molar-refractivity contribution in [1.29, 1.82) is 0 Å². The quantitative estimate of drug-likeness (QED) is 0.797. The molecule has 1 aromatic carbocycles. The number of aliphatic hydroxyl groups excluding tert-OH is 1. The average Bonchev–Trinajstić information content (AvgIpc) is 2.53. The van der Waals surface area contributed by atoms with Crippen LogP contribution < -0.4 is 9.80 Å². The van der Waals surface area contributed by atoms with Crippen molar-refractivity contribution in [2.75, 3.05) is 6.54 Å². The lowest BCUT2D eigenvalue weighted by Crippen LogP contribution is -3.15. The lowest BCUT2D eigenvalue weighted by atomic mass is 10.1. The van der Waals surface area contributed by atoms with Gasteiger partial charge in [-0.25, -0.2) is 0 Å². The SMILES string of the molecule is Cc1nc(C(O)C[NH+]([O-])C(C)(C)C)ccc1OCc1ccccc1. The molecule has 130 valence electrons. The maximum Gasteiger partial charge on any atom is 0.145 e. The van der Waals surface area contributed by atoms with E-state index in [0.717, 1.165) is 5.56 Å². The number of rotatable bonds is 6. The fourth-order valence-electron chi connectivity index (χ4n) is 2.23. The van der Waals surface area contributed by atoms with Gasteiger partial charge in [0.1, 0.15) is 25.0 Å². The van der Waals surface area contributed by atoms with Crippen molar-refractivity contribution < 1.29 is 14.9 Å². The Morgan fingerprint density at radius 3 is 2.42 bits per heavy atom. The van der Waals surface area contributed by atoms with E-state index in [9.17, 15) is 10.3 Å². The third-order valence-corrected chi connectivity index (χ3v) is 3.85. The smallest absolute Gasteiger partial charge is 0.145 e. The van der Waals surface area contributed by atoms with Gasteiger partial charge in [0.2, 0.25) is 0 Å². The average molecular weight is 330 g/mol. The van der Waals surface area contributed by atoms with Gasteiger partial charge in [0.05, 0.1) is 16.9 Å². The zero-order chi connectivity index (χ0) is 17.7. The molecule has 2 rings (SSSR count). The molecule has 0 aliphatic carbocycles. The lowest BCUT2D eigenvalue weighted by molar-refractivity contribution is -0.902. The molecule has 0 aliphatic rings. The van der Waals surface area contributed by atoms with Crippen molar-refractivity contribution in [2.24, 2.45) is 0 Å².